The van der Waals surface area contributed by atoms with Gasteiger partial charge in [0.25, 0.3) is 0 Å². The normalized spacial score (nSPS) is 16.9. The predicted octanol–water partition coefficient (Wildman–Crippen LogP) is 1.72. The van der Waals surface area contributed by atoms with Gasteiger partial charge in [0, 0.05) is 43.9 Å². The van der Waals surface area contributed by atoms with Crippen LogP contribution in [-0.2, 0) is 9.59 Å². The molecule has 0 aromatic rings. The Kier molecular flexibility index (Phi) is 5.45. The molecule has 2 amide bonds. The smallest absolute Gasteiger partial charge is 0.228 e. The number of alkyl halides is 1. The van der Waals surface area contributed by atoms with Crippen molar-refractivity contribution in [3.8, 4) is 0 Å². The standard InChI is InChI=1S/C13H23ClN2O2/c1-13(2,3)12(18)16-9-7-15(8-10-16)11(17)5-4-6-14/h4-10H2,1-3H3. The molecule has 0 aromatic carbocycles. The third-order valence-electron chi connectivity index (χ3n) is 3.09. The molecule has 0 bridgehead atoms. The number of piperazine rings is 1. The summed E-state index contributed by atoms with van der Waals surface area (Å²) >= 11 is 5.58. The number of nitrogens with zero attached hydrogens (tertiary/aromatic N) is 2. The van der Waals surface area contributed by atoms with Crippen molar-refractivity contribution in [2.24, 2.45) is 5.41 Å². The molecule has 0 unspecified atom stereocenters. The fourth-order valence-corrected chi connectivity index (χ4v) is 2.14. The van der Waals surface area contributed by atoms with Crippen molar-refractivity contribution in [3.63, 3.8) is 0 Å². The van der Waals surface area contributed by atoms with E-state index in [1.807, 2.05) is 30.6 Å². The lowest BCUT2D eigenvalue weighted by Crippen LogP contribution is -2.53. The molecular weight excluding hydrogens is 252 g/mol. The molecule has 1 rings (SSSR count). The van der Waals surface area contributed by atoms with Crippen molar-refractivity contribution in [2.45, 2.75) is 33.6 Å². The Balaban J connectivity index is 2.41. The van der Waals surface area contributed by atoms with E-state index in [1.54, 1.807) is 0 Å². The molecule has 0 radical (unpaired) electrons. The van der Waals surface area contributed by atoms with E-state index in [-0.39, 0.29) is 17.2 Å². The maximum atomic E-state index is 12.1. The first kappa shape index (κ1) is 15.3. The van der Waals surface area contributed by atoms with E-state index in [0.29, 0.717) is 38.5 Å². The highest BCUT2D eigenvalue weighted by molar-refractivity contribution is 6.17. The monoisotopic (exact) mass is 274 g/mol. The van der Waals surface area contributed by atoms with Gasteiger partial charge in [-0.15, -0.1) is 11.6 Å². The fourth-order valence-electron chi connectivity index (χ4n) is 2.01. The van der Waals surface area contributed by atoms with E-state index in [1.165, 1.54) is 0 Å². The van der Waals surface area contributed by atoms with Crippen molar-refractivity contribution < 1.29 is 9.59 Å². The molecule has 0 aromatic heterocycles. The molecular formula is C13H23ClN2O2. The highest BCUT2D eigenvalue weighted by Gasteiger charge is 2.30. The molecule has 1 heterocycles. The third-order valence-corrected chi connectivity index (χ3v) is 3.35. The number of rotatable bonds is 3. The molecule has 1 aliphatic rings. The number of carbonyl (C=O) groups is 2. The van der Waals surface area contributed by atoms with Gasteiger partial charge >= 0.3 is 0 Å². The van der Waals surface area contributed by atoms with Gasteiger partial charge < -0.3 is 9.80 Å². The van der Waals surface area contributed by atoms with Gasteiger partial charge in [-0.25, -0.2) is 0 Å². The maximum Gasteiger partial charge on any atom is 0.228 e. The highest BCUT2D eigenvalue weighted by Crippen LogP contribution is 2.18. The van der Waals surface area contributed by atoms with E-state index >= 15 is 0 Å². The Morgan fingerprint density at radius 1 is 1.06 bits per heavy atom. The zero-order valence-electron chi connectivity index (χ0n) is 11.5. The number of carbonyl (C=O) groups excluding carboxylic acids is 2. The largest absolute Gasteiger partial charge is 0.339 e. The Morgan fingerprint density at radius 2 is 1.56 bits per heavy atom. The van der Waals surface area contributed by atoms with Crippen LogP contribution in [0.25, 0.3) is 0 Å². The first-order valence-corrected chi connectivity index (χ1v) is 7.03. The minimum Gasteiger partial charge on any atom is -0.339 e. The van der Waals surface area contributed by atoms with Crippen LogP contribution in [0.5, 0.6) is 0 Å². The predicted molar refractivity (Wildman–Crippen MR) is 72.6 cm³/mol. The first-order valence-electron chi connectivity index (χ1n) is 6.49. The fraction of sp³-hybridized carbons (Fsp3) is 0.846. The van der Waals surface area contributed by atoms with Crippen LogP contribution in [0.2, 0.25) is 0 Å². The second kappa shape index (κ2) is 6.41. The first-order chi connectivity index (χ1) is 8.36. The van der Waals surface area contributed by atoms with E-state index in [0.717, 1.165) is 6.42 Å². The molecule has 1 saturated heterocycles. The minimum absolute atomic E-state index is 0.151. The molecule has 1 aliphatic heterocycles. The summed E-state index contributed by atoms with van der Waals surface area (Å²) in [4.78, 5) is 27.6. The van der Waals surface area contributed by atoms with E-state index in [9.17, 15) is 9.59 Å². The van der Waals surface area contributed by atoms with Crippen LogP contribution in [0.1, 0.15) is 33.6 Å². The van der Waals surface area contributed by atoms with E-state index in [2.05, 4.69) is 0 Å². The number of hydrogen-bond donors (Lipinski definition) is 0. The molecule has 18 heavy (non-hydrogen) atoms. The van der Waals surface area contributed by atoms with Crippen LogP contribution in [0.4, 0.5) is 0 Å². The average molecular weight is 275 g/mol. The van der Waals surface area contributed by atoms with Gasteiger partial charge in [-0.3, -0.25) is 9.59 Å². The van der Waals surface area contributed by atoms with E-state index in [4.69, 9.17) is 11.6 Å². The second-order valence-corrected chi connectivity index (χ2v) is 6.09. The summed E-state index contributed by atoms with van der Waals surface area (Å²) in [5.41, 5.74) is -0.342. The average Bonchev–Trinajstić information content (AvgIpc) is 2.34. The molecule has 0 atom stereocenters. The summed E-state index contributed by atoms with van der Waals surface area (Å²) in [7, 11) is 0. The van der Waals surface area contributed by atoms with Crippen LogP contribution >= 0.6 is 11.6 Å². The molecule has 5 heteroatoms. The van der Waals surface area contributed by atoms with Gasteiger partial charge in [0.05, 0.1) is 0 Å². The van der Waals surface area contributed by atoms with E-state index < -0.39 is 0 Å². The Morgan fingerprint density at radius 3 is 2.00 bits per heavy atom. The summed E-state index contributed by atoms with van der Waals surface area (Å²) in [6.07, 6.45) is 1.23. The van der Waals surface area contributed by atoms with Gasteiger partial charge in [0.1, 0.15) is 0 Å². The topological polar surface area (TPSA) is 40.6 Å². The molecule has 104 valence electrons. The van der Waals surface area contributed by atoms with Gasteiger partial charge in [-0.2, -0.15) is 0 Å². The molecule has 0 spiro atoms. The zero-order valence-corrected chi connectivity index (χ0v) is 12.3. The lowest BCUT2D eigenvalue weighted by atomic mass is 9.94. The van der Waals surface area contributed by atoms with Crippen LogP contribution in [0, 0.1) is 5.41 Å². The van der Waals surface area contributed by atoms with Crippen LogP contribution in [0.3, 0.4) is 0 Å². The number of halogens is 1. The maximum absolute atomic E-state index is 12.1. The molecule has 0 saturated carbocycles. The Labute approximate surface area is 114 Å². The highest BCUT2D eigenvalue weighted by atomic mass is 35.5. The van der Waals surface area contributed by atoms with Crippen molar-refractivity contribution in [1.29, 1.82) is 0 Å². The quantitative estimate of drug-likeness (QED) is 0.736. The van der Waals surface area contributed by atoms with Crippen molar-refractivity contribution in [3.05, 3.63) is 0 Å². The van der Waals surface area contributed by atoms with Crippen molar-refractivity contribution in [2.75, 3.05) is 32.1 Å². The summed E-state index contributed by atoms with van der Waals surface area (Å²) in [6.45, 7) is 8.34. The third kappa shape index (κ3) is 4.16. The minimum atomic E-state index is -0.342. The SMILES string of the molecule is CC(C)(C)C(=O)N1CCN(C(=O)CCCCl)CC1. The lowest BCUT2D eigenvalue weighted by molar-refractivity contribution is -0.144. The van der Waals surface area contributed by atoms with Crippen LogP contribution in [0.15, 0.2) is 0 Å². The van der Waals surface area contributed by atoms with Gasteiger partial charge in [-0.1, -0.05) is 20.8 Å². The van der Waals surface area contributed by atoms with Gasteiger partial charge in [0.2, 0.25) is 11.8 Å². The van der Waals surface area contributed by atoms with Gasteiger partial charge in [-0.05, 0) is 6.42 Å². The lowest BCUT2D eigenvalue weighted by Gasteiger charge is -2.37. The summed E-state index contributed by atoms with van der Waals surface area (Å²) in [5, 5.41) is 0. The Bertz CT molecular complexity index is 305. The number of amides is 2. The second-order valence-electron chi connectivity index (χ2n) is 5.72. The summed E-state index contributed by atoms with van der Waals surface area (Å²) in [5.74, 6) is 0.836. The van der Waals surface area contributed by atoms with Crippen molar-refractivity contribution in [1.82, 2.24) is 9.80 Å². The summed E-state index contributed by atoms with van der Waals surface area (Å²) in [6, 6.07) is 0. The van der Waals surface area contributed by atoms with Crippen molar-refractivity contribution >= 4 is 23.4 Å². The van der Waals surface area contributed by atoms with Crippen LogP contribution in [-0.4, -0.2) is 53.7 Å². The molecule has 0 N–H and O–H groups in total. The summed E-state index contributed by atoms with van der Waals surface area (Å²) < 4.78 is 0. The Hall–Kier alpha value is -0.770. The van der Waals surface area contributed by atoms with Gasteiger partial charge in [0.15, 0.2) is 0 Å². The molecule has 1 fully saturated rings. The zero-order chi connectivity index (χ0) is 13.8. The van der Waals surface area contributed by atoms with Crippen LogP contribution < -0.4 is 0 Å². The number of hydrogen-bond acceptors (Lipinski definition) is 2. The molecule has 4 nitrogen and oxygen atoms in total. The molecule has 0 aliphatic carbocycles.